The van der Waals surface area contributed by atoms with Crippen molar-refractivity contribution in [1.29, 1.82) is 0 Å². The van der Waals surface area contributed by atoms with Gasteiger partial charge in [-0.3, -0.25) is 4.79 Å². The molecule has 1 aromatic heterocycles. The Morgan fingerprint density at radius 2 is 2.14 bits per heavy atom. The molecular formula is C14H20N2O3S2. The van der Waals surface area contributed by atoms with Crippen LogP contribution in [0.2, 0.25) is 0 Å². The van der Waals surface area contributed by atoms with Crippen molar-refractivity contribution in [3.05, 3.63) is 16.8 Å². The molecule has 1 atom stereocenters. The number of sulfonamides is 1. The van der Waals surface area contributed by atoms with Crippen LogP contribution < -0.4 is 4.90 Å². The van der Waals surface area contributed by atoms with Crippen LogP contribution in [0.5, 0.6) is 0 Å². The number of nitrogens with zero attached hydrogens (tertiary/aromatic N) is 2. The van der Waals surface area contributed by atoms with E-state index < -0.39 is 15.4 Å². The highest BCUT2D eigenvalue weighted by Gasteiger charge is 2.50. The Morgan fingerprint density at radius 1 is 1.33 bits per heavy atom. The molecule has 3 rings (SSSR count). The summed E-state index contributed by atoms with van der Waals surface area (Å²) in [5.41, 5.74) is 0.431. The topological polar surface area (TPSA) is 57.7 Å². The van der Waals surface area contributed by atoms with Crippen molar-refractivity contribution in [1.82, 2.24) is 4.31 Å². The Bertz CT molecular complexity index is 627. The molecule has 1 amide bonds. The van der Waals surface area contributed by atoms with Crippen LogP contribution in [0, 0.1) is 5.41 Å². The predicted octanol–water partition coefficient (Wildman–Crippen LogP) is 1.92. The van der Waals surface area contributed by atoms with Crippen LogP contribution in [0.1, 0.15) is 26.2 Å². The lowest BCUT2D eigenvalue weighted by atomic mass is 9.79. The van der Waals surface area contributed by atoms with Gasteiger partial charge >= 0.3 is 0 Å². The first-order chi connectivity index (χ1) is 9.98. The van der Waals surface area contributed by atoms with Gasteiger partial charge in [0, 0.05) is 25.0 Å². The molecule has 7 heteroatoms. The molecule has 21 heavy (non-hydrogen) atoms. The van der Waals surface area contributed by atoms with Gasteiger partial charge in [-0.2, -0.15) is 11.3 Å². The van der Waals surface area contributed by atoms with Crippen molar-refractivity contribution in [2.45, 2.75) is 26.2 Å². The van der Waals surface area contributed by atoms with Crippen LogP contribution in [0.3, 0.4) is 0 Å². The van der Waals surface area contributed by atoms with Gasteiger partial charge in [-0.1, -0.05) is 0 Å². The van der Waals surface area contributed by atoms with Gasteiger partial charge in [-0.15, -0.1) is 0 Å². The van der Waals surface area contributed by atoms with Gasteiger partial charge in [0.25, 0.3) is 0 Å². The first kappa shape index (κ1) is 15.0. The van der Waals surface area contributed by atoms with Gasteiger partial charge in [0.05, 0.1) is 16.9 Å². The van der Waals surface area contributed by atoms with Gasteiger partial charge in [0.15, 0.2) is 0 Å². The number of thiophene rings is 1. The number of piperidine rings is 1. The maximum atomic E-state index is 12.9. The van der Waals surface area contributed by atoms with E-state index in [1.165, 1.54) is 4.31 Å². The number of anilines is 1. The maximum absolute atomic E-state index is 12.9. The van der Waals surface area contributed by atoms with Crippen molar-refractivity contribution in [3.8, 4) is 0 Å². The summed E-state index contributed by atoms with van der Waals surface area (Å²) in [6, 6.07) is 1.95. The summed E-state index contributed by atoms with van der Waals surface area (Å²) in [5, 5.41) is 3.93. The fourth-order valence-corrected chi connectivity index (χ4v) is 5.22. The molecule has 1 spiro atoms. The average molecular weight is 328 g/mol. The second-order valence-electron chi connectivity index (χ2n) is 5.81. The van der Waals surface area contributed by atoms with Crippen LogP contribution >= 0.6 is 11.3 Å². The minimum atomic E-state index is -3.21. The average Bonchev–Trinajstić information content (AvgIpc) is 3.10. The number of carbonyl (C=O) groups is 1. The van der Waals surface area contributed by atoms with Crippen LogP contribution in [0.25, 0.3) is 0 Å². The molecule has 3 heterocycles. The van der Waals surface area contributed by atoms with E-state index in [4.69, 9.17) is 0 Å². The third-order valence-electron chi connectivity index (χ3n) is 4.63. The molecule has 0 bridgehead atoms. The molecule has 0 aromatic carbocycles. The highest BCUT2D eigenvalue weighted by Crippen LogP contribution is 2.42. The molecule has 0 aliphatic carbocycles. The monoisotopic (exact) mass is 328 g/mol. The maximum Gasteiger partial charge on any atom is 0.234 e. The molecule has 1 aromatic rings. The quantitative estimate of drug-likeness (QED) is 0.852. The highest BCUT2D eigenvalue weighted by atomic mass is 32.2. The molecule has 2 saturated heterocycles. The molecule has 0 saturated carbocycles. The summed E-state index contributed by atoms with van der Waals surface area (Å²) >= 11 is 1.57. The Morgan fingerprint density at radius 3 is 2.81 bits per heavy atom. The lowest BCUT2D eigenvalue weighted by Gasteiger charge is -2.38. The lowest BCUT2D eigenvalue weighted by Crippen LogP contribution is -2.50. The smallest absolute Gasteiger partial charge is 0.234 e. The minimum Gasteiger partial charge on any atom is -0.311 e. The Balaban J connectivity index is 1.84. The number of carbonyl (C=O) groups excluding carboxylic acids is 1. The predicted molar refractivity (Wildman–Crippen MR) is 84.0 cm³/mol. The van der Waals surface area contributed by atoms with E-state index in [1.54, 1.807) is 18.3 Å². The summed E-state index contributed by atoms with van der Waals surface area (Å²) in [5.74, 6) is 0.197. The van der Waals surface area contributed by atoms with Gasteiger partial charge in [0.2, 0.25) is 15.9 Å². The Hall–Kier alpha value is -0.920. The first-order valence-corrected chi connectivity index (χ1v) is 9.86. The van der Waals surface area contributed by atoms with Gasteiger partial charge in [-0.05, 0) is 37.6 Å². The molecule has 0 radical (unpaired) electrons. The molecule has 2 fully saturated rings. The summed E-state index contributed by atoms with van der Waals surface area (Å²) < 4.78 is 25.7. The second kappa shape index (κ2) is 5.37. The molecule has 2 aliphatic rings. The summed E-state index contributed by atoms with van der Waals surface area (Å²) in [4.78, 5) is 14.7. The van der Waals surface area contributed by atoms with Crippen LogP contribution in [-0.2, 0) is 14.8 Å². The number of rotatable bonds is 3. The van der Waals surface area contributed by atoms with E-state index in [0.717, 1.165) is 24.9 Å². The third kappa shape index (κ3) is 2.51. The first-order valence-electron chi connectivity index (χ1n) is 7.30. The highest BCUT2D eigenvalue weighted by molar-refractivity contribution is 7.89. The van der Waals surface area contributed by atoms with E-state index in [1.807, 2.05) is 21.7 Å². The molecule has 116 valence electrons. The molecule has 0 N–H and O–H groups in total. The summed E-state index contributed by atoms with van der Waals surface area (Å²) in [6.45, 7) is 3.24. The van der Waals surface area contributed by atoms with Gasteiger partial charge in [0.1, 0.15) is 0 Å². The summed E-state index contributed by atoms with van der Waals surface area (Å²) in [7, 11) is -3.21. The van der Waals surface area contributed by atoms with E-state index in [-0.39, 0.29) is 11.7 Å². The zero-order chi connectivity index (χ0) is 15.1. The van der Waals surface area contributed by atoms with Crippen molar-refractivity contribution >= 4 is 33.0 Å². The normalized spacial score (nSPS) is 27.7. The van der Waals surface area contributed by atoms with Crippen molar-refractivity contribution in [2.75, 3.05) is 30.3 Å². The van der Waals surface area contributed by atoms with Crippen LogP contribution in [0.4, 0.5) is 5.69 Å². The standard InChI is InChI=1S/C14H20N2O3S2/c1-2-21(18,19)15-7-3-5-14(11-15)6-8-16(13(14)17)12-4-9-20-10-12/h4,9-10H,2-3,5-8,11H2,1H3/t14-/m0/s1. The van der Waals surface area contributed by atoms with E-state index in [2.05, 4.69) is 0 Å². The SMILES string of the molecule is CCS(=O)(=O)N1CCC[C@]2(CCN(c3ccsc3)C2=O)C1. The number of hydrogen-bond donors (Lipinski definition) is 0. The third-order valence-corrected chi connectivity index (χ3v) is 7.13. The zero-order valence-corrected chi connectivity index (χ0v) is 13.8. The minimum absolute atomic E-state index is 0.0944. The fourth-order valence-electron chi connectivity index (χ4n) is 3.37. The van der Waals surface area contributed by atoms with Crippen LogP contribution in [0.15, 0.2) is 16.8 Å². The van der Waals surface area contributed by atoms with Gasteiger partial charge < -0.3 is 4.90 Å². The Labute approximate surface area is 129 Å². The molecular weight excluding hydrogens is 308 g/mol. The molecule has 0 unspecified atom stereocenters. The fraction of sp³-hybridized carbons (Fsp3) is 0.643. The second-order valence-corrected chi connectivity index (χ2v) is 8.84. The van der Waals surface area contributed by atoms with Crippen LogP contribution in [-0.4, -0.2) is 44.0 Å². The van der Waals surface area contributed by atoms with Crippen molar-refractivity contribution in [3.63, 3.8) is 0 Å². The van der Waals surface area contributed by atoms with E-state index in [9.17, 15) is 13.2 Å². The van der Waals surface area contributed by atoms with E-state index in [0.29, 0.717) is 19.6 Å². The number of hydrogen-bond acceptors (Lipinski definition) is 4. The number of amides is 1. The molecule has 5 nitrogen and oxygen atoms in total. The summed E-state index contributed by atoms with van der Waals surface area (Å²) in [6.07, 6.45) is 2.31. The van der Waals surface area contributed by atoms with Crippen molar-refractivity contribution < 1.29 is 13.2 Å². The van der Waals surface area contributed by atoms with Gasteiger partial charge in [-0.25, -0.2) is 12.7 Å². The van der Waals surface area contributed by atoms with Crippen molar-refractivity contribution in [2.24, 2.45) is 5.41 Å². The molecule has 2 aliphatic heterocycles. The Kier molecular flexibility index (Phi) is 3.83. The zero-order valence-electron chi connectivity index (χ0n) is 12.1. The lowest BCUT2D eigenvalue weighted by molar-refractivity contribution is -0.127. The largest absolute Gasteiger partial charge is 0.311 e. The van der Waals surface area contributed by atoms with E-state index >= 15 is 0 Å².